The molecule has 2 N–H and O–H groups in total. The van der Waals surface area contributed by atoms with Gasteiger partial charge in [-0.25, -0.2) is 9.49 Å². The molecule has 0 radical (unpaired) electrons. The molecular formula is C9H6ClFN4O. The normalized spacial score (nSPS) is 10.1. The van der Waals surface area contributed by atoms with Gasteiger partial charge < -0.3 is 0 Å². The molecule has 0 bridgehead atoms. The minimum absolute atomic E-state index is 0.106. The fourth-order valence-corrected chi connectivity index (χ4v) is 1.26. The fourth-order valence-electron chi connectivity index (χ4n) is 1.08. The monoisotopic (exact) mass is 240 g/mol. The number of nitrogens with zero attached hydrogens (tertiary/aromatic N) is 2. The number of H-pyrrole nitrogens is 1. The highest BCUT2D eigenvalue weighted by Crippen LogP contribution is 2.16. The van der Waals surface area contributed by atoms with Crippen LogP contribution in [0.5, 0.6) is 0 Å². The maximum atomic E-state index is 12.8. The van der Waals surface area contributed by atoms with E-state index in [9.17, 15) is 9.18 Å². The average molecular weight is 241 g/mol. The van der Waals surface area contributed by atoms with E-state index in [-0.39, 0.29) is 16.5 Å². The summed E-state index contributed by atoms with van der Waals surface area (Å²) in [5, 5.41) is 8.36. The predicted molar refractivity (Wildman–Crippen MR) is 55.7 cm³/mol. The highest BCUT2D eigenvalue weighted by Gasteiger charge is 2.09. The molecule has 0 saturated carbocycles. The van der Waals surface area contributed by atoms with Crippen LogP contribution in [0.3, 0.4) is 0 Å². The van der Waals surface area contributed by atoms with Gasteiger partial charge >= 0.3 is 0 Å². The van der Waals surface area contributed by atoms with Crippen molar-refractivity contribution in [2.24, 2.45) is 0 Å². The number of aromatic amines is 1. The number of hydrogen-bond donors (Lipinski definition) is 2. The molecule has 1 aromatic carbocycles. The third-order valence-corrected chi connectivity index (χ3v) is 2.12. The van der Waals surface area contributed by atoms with Gasteiger partial charge in [0.1, 0.15) is 12.1 Å². The molecule has 0 aliphatic rings. The summed E-state index contributed by atoms with van der Waals surface area (Å²) in [4.78, 5) is 15.3. The Bertz CT molecular complexity index is 514. The molecule has 5 nitrogen and oxygen atoms in total. The Balaban J connectivity index is 2.18. The molecular weight excluding hydrogens is 235 g/mol. The van der Waals surface area contributed by atoms with E-state index in [4.69, 9.17) is 11.6 Å². The van der Waals surface area contributed by atoms with Crippen LogP contribution in [-0.2, 0) is 0 Å². The first-order valence-electron chi connectivity index (χ1n) is 4.28. The molecule has 2 rings (SSSR count). The zero-order valence-corrected chi connectivity index (χ0v) is 8.62. The molecule has 7 heteroatoms. The van der Waals surface area contributed by atoms with Gasteiger partial charge in [-0.1, -0.05) is 11.6 Å². The molecule has 2 aromatic rings. The molecule has 0 fully saturated rings. The number of amides is 1. The number of hydrogen-bond acceptors (Lipinski definition) is 3. The summed E-state index contributed by atoms with van der Waals surface area (Å²) >= 11 is 5.55. The van der Waals surface area contributed by atoms with Crippen molar-refractivity contribution in [1.82, 2.24) is 15.2 Å². The van der Waals surface area contributed by atoms with Crippen molar-refractivity contribution in [3.05, 3.63) is 40.9 Å². The summed E-state index contributed by atoms with van der Waals surface area (Å²) in [5.74, 6) is -0.804. The summed E-state index contributed by atoms with van der Waals surface area (Å²) in [7, 11) is 0. The van der Waals surface area contributed by atoms with E-state index in [1.54, 1.807) is 0 Å². The van der Waals surface area contributed by atoms with Crippen molar-refractivity contribution >= 4 is 23.5 Å². The number of carbonyl (C=O) groups excluding carboxylic acids is 1. The fraction of sp³-hybridized carbons (Fsp3) is 0. The second-order valence-corrected chi connectivity index (χ2v) is 3.32. The Kier molecular flexibility index (Phi) is 2.82. The molecule has 1 heterocycles. The third-order valence-electron chi connectivity index (χ3n) is 1.83. The van der Waals surface area contributed by atoms with Crippen LogP contribution in [0, 0.1) is 5.82 Å². The predicted octanol–water partition coefficient (Wildman–Crippen LogP) is 1.85. The molecule has 16 heavy (non-hydrogen) atoms. The average Bonchev–Trinajstić information content (AvgIpc) is 2.74. The maximum absolute atomic E-state index is 12.8. The Morgan fingerprint density at radius 3 is 2.94 bits per heavy atom. The van der Waals surface area contributed by atoms with Crippen LogP contribution >= 0.6 is 11.6 Å². The van der Waals surface area contributed by atoms with Crippen molar-refractivity contribution in [3.63, 3.8) is 0 Å². The van der Waals surface area contributed by atoms with Crippen LogP contribution in [0.1, 0.15) is 10.4 Å². The Morgan fingerprint density at radius 2 is 2.31 bits per heavy atom. The molecule has 1 amide bonds. The van der Waals surface area contributed by atoms with Gasteiger partial charge in [0.15, 0.2) is 0 Å². The number of nitrogens with one attached hydrogen (secondary N) is 2. The van der Waals surface area contributed by atoms with Gasteiger partial charge in [-0.05, 0) is 18.2 Å². The molecule has 0 spiro atoms. The molecule has 0 aliphatic carbocycles. The number of rotatable bonds is 2. The number of benzene rings is 1. The highest BCUT2D eigenvalue weighted by atomic mass is 35.5. The number of anilines is 1. The first-order chi connectivity index (χ1) is 7.66. The molecule has 0 atom stereocenters. The van der Waals surface area contributed by atoms with E-state index >= 15 is 0 Å². The topological polar surface area (TPSA) is 70.7 Å². The largest absolute Gasteiger partial charge is 0.291 e. The van der Waals surface area contributed by atoms with E-state index in [1.165, 1.54) is 18.5 Å². The summed E-state index contributed by atoms with van der Waals surface area (Å²) in [6, 6.07) is 3.69. The van der Waals surface area contributed by atoms with E-state index in [0.29, 0.717) is 0 Å². The van der Waals surface area contributed by atoms with E-state index in [1.807, 2.05) is 0 Å². The van der Waals surface area contributed by atoms with Gasteiger partial charge in [-0.2, -0.15) is 10.1 Å². The lowest BCUT2D eigenvalue weighted by molar-refractivity contribution is 0.102. The van der Waals surface area contributed by atoms with Crippen LogP contribution in [0.4, 0.5) is 10.3 Å². The molecule has 1 aromatic heterocycles. The lowest BCUT2D eigenvalue weighted by atomic mass is 10.2. The van der Waals surface area contributed by atoms with Gasteiger partial charge in [-0.15, -0.1) is 0 Å². The molecule has 0 saturated heterocycles. The summed E-state index contributed by atoms with van der Waals surface area (Å²) < 4.78 is 12.8. The van der Waals surface area contributed by atoms with E-state index < -0.39 is 11.7 Å². The number of halogens is 2. The van der Waals surface area contributed by atoms with Gasteiger partial charge in [0.05, 0.1) is 5.02 Å². The zero-order chi connectivity index (χ0) is 11.5. The standard InChI is InChI=1S/C9H6ClFN4O/c10-6-3-5(1-2-7(6)11)8(16)14-9-12-4-13-15-9/h1-4H,(H2,12,13,14,15,16). The Morgan fingerprint density at radius 1 is 1.50 bits per heavy atom. The maximum Gasteiger partial charge on any atom is 0.258 e. The van der Waals surface area contributed by atoms with Crippen molar-refractivity contribution < 1.29 is 9.18 Å². The second kappa shape index (κ2) is 4.28. The highest BCUT2D eigenvalue weighted by molar-refractivity contribution is 6.31. The quantitative estimate of drug-likeness (QED) is 0.842. The van der Waals surface area contributed by atoms with Crippen LogP contribution in [0.2, 0.25) is 5.02 Å². The van der Waals surface area contributed by atoms with Crippen LogP contribution < -0.4 is 5.32 Å². The van der Waals surface area contributed by atoms with Gasteiger partial charge in [0.2, 0.25) is 5.95 Å². The summed E-state index contributed by atoms with van der Waals surface area (Å²) in [6.45, 7) is 0. The zero-order valence-electron chi connectivity index (χ0n) is 7.87. The summed E-state index contributed by atoms with van der Waals surface area (Å²) in [6.07, 6.45) is 1.26. The SMILES string of the molecule is O=C(Nc1ncn[nH]1)c1ccc(F)c(Cl)c1. The smallest absolute Gasteiger partial charge is 0.258 e. The van der Waals surface area contributed by atoms with Crippen molar-refractivity contribution in [2.45, 2.75) is 0 Å². The Hall–Kier alpha value is -1.95. The third kappa shape index (κ3) is 2.17. The molecule has 0 unspecified atom stereocenters. The van der Waals surface area contributed by atoms with Crippen LogP contribution in [0.15, 0.2) is 24.5 Å². The molecule has 82 valence electrons. The number of aromatic nitrogens is 3. The van der Waals surface area contributed by atoms with Crippen molar-refractivity contribution in [2.75, 3.05) is 5.32 Å². The van der Waals surface area contributed by atoms with Crippen LogP contribution in [0.25, 0.3) is 0 Å². The van der Waals surface area contributed by atoms with Gasteiger partial charge in [0.25, 0.3) is 5.91 Å². The first kappa shape index (κ1) is 10.6. The van der Waals surface area contributed by atoms with E-state index in [2.05, 4.69) is 20.5 Å². The lowest BCUT2D eigenvalue weighted by Gasteiger charge is -2.02. The minimum Gasteiger partial charge on any atom is -0.291 e. The minimum atomic E-state index is -0.571. The first-order valence-corrected chi connectivity index (χ1v) is 4.66. The van der Waals surface area contributed by atoms with E-state index in [0.717, 1.165) is 6.07 Å². The van der Waals surface area contributed by atoms with Gasteiger partial charge in [0, 0.05) is 5.56 Å². The summed E-state index contributed by atoms with van der Waals surface area (Å²) in [5.41, 5.74) is 0.239. The number of carbonyl (C=O) groups is 1. The van der Waals surface area contributed by atoms with Crippen molar-refractivity contribution in [3.8, 4) is 0 Å². The molecule has 0 aliphatic heterocycles. The van der Waals surface area contributed by atoms with Crippen LogP contribution in [-0.4, -0.2) is 21.1 Å². The lowest BCUT2D eigenvalue weighted by Crippen LogP contribution is -2.13. The van der Waals surface area contributed by atoms with Crippen molar-refractivity contribution in [1.29, 1.82) is 0 Å². The second-order valence-electron chi connectivity index (χ2n) is 2.92. The Labute approximate surface area is 94.7 Å². The van der Waals surface area contributed by atoms with Gasteiger partial charge in [-0.3, -0.25) is 10.1 Å².